The number of nitrogens with zero attached hydrogens (tertiary/aromatic N) is 1. The number of carboxylic acid groups (broad SMARTS) is 1. The summed E-state index contributed by atoms with van der Waals surface area (Å²) in [7, 11) is 0. The molecule has 0 radical (unpaired) electrons. The van der Waals surface area contributed by atoms with Crippen molar-refractivity contribution < 1.29 is 37.2 Å². The number of aliphatic carboxylic acids is 1. The molecule has 0 heterocycles. The van der Waals surface area contributed by atoms with E-state index in [-0.39, 0.29) is 24.0 Å². The summed E-state index contributed by atoms with van der Waals surface area (Å²) < 4.78 is 51.0. The Morgan fingerprint density at radius 3 is 2.21 bits per heavy atom. The number of hydrogen-bond donors (Lipinski definition) is 2. The largest absolute Gasteiger partial charge is 0.480 e. The molecule has 0 aliphatic heterocycles. The van der Waals surface area contributed by atoms with Gasteiger partial charge in [0.15, 0.2) is 0 Å². The van der Waals surface area contributed by atoms with Crippen LogP contribution in [0.15, 0.2) is 42.5 Å². The second-order valence-corrected chi connectivity index (χ2v) is 6.08. The van der Waals surface area contributed by atoms with Gasteiger partial charge in [-0.05, 0) is 29.3 Å². The lowest BCUT2D eigenvalue weighted by atomic mass is 10.0. The Kier molecular flexibility index (Phi) is 6.52. The number of carbonyl (C=O) groups excluding carboxylic acids is 1. The summed E-state index contributed by atoms with van der Waals surface area (Å²) in [5.41, 5.74) is -1.37. The zero-order chi connectivity index (χ0) is 21.8. The van der Waals surface area contributed by atoms with Gasteiger partial charge in [-0.2, -0.15) is 17.6 Å². The van der Waals surface area contributed by atoms with Crippen LogP contribution in [0.25, 0.3) is 0 Å². The molecule has 0 aliphatic carbocycles. The standard InChI is InChI=1S/C18H14F4N2O5/c19-13-6-3-11(8-15(13)24(28)29)7-14(17(26)27)23-16(25)9-10-1-4-12(5-2-10)18(20,21)22/h1-6,8,14H,7,9H2,(H,23,25)(H,26,27)/t14-/m1/s1. The first-order valence-corrected chi connectivity index (χ1v) is 8.08. The van der Waals surface area contributed by atoms with E-state index in [1.807, 2.05) is 0 Å². The first-order chi connectivity index (χ1) is 13.5. The number of alkyl halides is 3. The summed E-state index contributed by atoms with van der Waals surface area (Å²) in [6, 6.07) is 5.17. The van der Waals surface area contributed by atoms with E-state index < -0.39 is 46.1 Å². The molecule has 0 fully saturated rings. The van der Waals surface area contributed by atoms with Gasteiger partial charge in [-0.3, -0.25) is 14.9 Å². The fourth-order valence-corrected chi connectivity index (χ4v) is 2.50. The van der Waals surface area contributed by atoms with Crippen LogP contribution in [0.3, 0.4) is 0 Å². The predicted octanol–water partition coefficient (Wildman–Crippen LogP) is 3.11. The number of nitro benzene ring substituents is 1. The van der Waals surface area contributed by atoms with Crippen LogP contribution in [0.4, 0.5) is 23.2 Å². The number of hydrogen-bond acceptors (Lipinski definition) is 4. The van der Waals surface area contributed by atoms with E-state index in [9.17, 15) is 42.4 Å². The zero-order valence-corrected chi connectivity index (χ0v) is 14.6. The molecule has 1 amide bonds. The molecule has 2 aromatic rings. The lowest BCUT2D eigenvalue weighted by Crippen LogP contribution is -2.43. The Labute approximate surface area is 161 Å². The van der Waals surface area contributed by atoms with E-state index in [4.69, 9.17) is 0 Å². The highest BCUT2D eigenvalue weighted by Crippen LogP contribution is 2.29. The van der Waals surface area contributed by atoms with Crippen molar-refractivity contribution in [3.63, 3.8) is 0 Å². The summed E-state index contributed by atoms with van der Waals surface area (Å²) in [5.74, 6) is -3.29. The summed E-state index contributed by atoms with van der Waals surface area (Å²) in [6.45, 7) is 0. The topological polar surface area (TPSA) is 110 Å². The molecule has 154 valence electrons. The van der Waals surface area contributed by atoms with Gasteiger partial charge in [0.2, 0.25) is 11.7 Å². The average Bonchev–Trinajstić information content (AvgIpc) is 2.62. The molecular weight excluding hydrogens is 400 g/mol. The van der Waals surface area contributed by atoms with Crippen LogP contribution in [-0.2, 0) is 28.6 Å². The van der Waals surface area contributed by atoms with Gasteiger partial charge in [-0.15, -0.1) is 0 Å². The molecule has 29 heavy (non-hydrogen) atoms. The van der Waals surface area contributed by atoms with Gasteiger partial charge in [0.25, 0.3) is 0 Å². The molecule has 0 aromatic heterocycles. The Balaban J connectivity index is 2.07. The minimum absolute atomic E-state index is 0.111. The second-order valence-electron chi connectivity index (χ2n) is 6.08. The third-order valence-electron chi connectivity index (χ3n) is 3.93. The molecule has 0 bridgehead atoms. The molecule has 0 spiro atoms. The number of rotatable bonds is 7. The van der Waals surface area contributed by atoms with Gasteiger partial charge in [-0.1, -0.05) is 18.2 Å². The maximum atomic E-state index is 13.4. The number of amides is 1. The van der Waals surface area contributed by atoms with E-state index in [0.717, 1.165) is 42.5 Å². The van der Waals surface area contributed by atoms with Gasteiger partial charge in [0.1, 0.15) is 6.04 Å². The van der Waals surface area contributed by atoms with Crippen LogP contribution >= 0.6 is 0 Å². The van der Waals surface area contributed by atoms with Crippen molar-refractivity contribution in [2.45, 2.75) is 25.1 Å². The van der Waals surface area contributed by atoms with Crippen molar-refractivity contribution in [3.05, 3.63) is 75.1 Å². The minimum atomic E-state index is -4.52. The van der Waals surface area contributed by atoms with Crippen LogP contribution in [-0.4, -0.2) is 27.9 Å². The Morgan fingerprint density at radius 1 is 1.10 bits per heavy atom. The van der Waals surface area contributed by atoms with Gasteiger partial charge in [-0.25, -0.2) is 4.79 Å². The average molecular weight is 414 g/mol. The summed E-state index contributed by atoms with van der Waals surface area (Å²) >= 11 is 0. The lowest BCUT2D eigenvalue weighted by molar-refractivity contribution is -0.387. The van der Waals surface area contributed by atoms with E-state index in [0.29, 0.717) is 0 Å². The second kappa shape index (κ2) is 8.67. The minimum Gasteiger partial charge on any atom is -0.480 e. The van der Waals surface area contributed by atoms with Crippen LogP contribution < -0.4 is 5.32 Å². The van der Waals surface area contributed by atoms with E-state index in [1.165, 1.54) is 0 Å². The smallest absolute Gasteiger partial charge is 0.416 e. The normalized spacial score (nSPS) is 12.3. The van der Waals surface area contributed by atoms with Crippen molar-refractivity contribution in [1.29, 1.82) is 0 Å². The summed E-state index contributed by atoms with van der Waals surface area (Å²) in [6.07, 6.45) is -5.24. The molecule has 0 saturated carbocycles. The Hall–Kier alpha value is -3.50. The van der Waals surface area contributed by atoms with Crippen molar-refractivity contribution in [1.82, 2.24) is 5.32 Å². The lowest BCUT2D eigenvalue weighted by Gasteiger charge is -2.15. The van der Waals surface area contributed by atoms with Crippen molar-refractivity contribution >= 4 is 17.6 Å². The molecule has 0 aliphatic rings. The first kappa shape index (κ1) is 21.8. The van der Waals surface area contributed by atoms with Gasteiger partial charge in [0.05, 0.1) is 16.9 Å². The predicted molar refractivity (Wildman–Crippen MR) is 91.5 cm³/mol. The molecule has 11 heteroatoms. The number of nitrogens with one attached hydrogen (secondary N) is 1. The molecule has 2 aromatic carbocycles. The number of carboxylic acids is 1. The number of nitro groups is 1. The quantitative estimate of drug-likeness (QED) is 0.411. The molecule has 0 saturated heterocycles. The highest BCUT2D eigenvalue weighted by molar-refractivity contribution is 5.85. The summed E-state index contributed by atoms with van der Waals surface area (Å²) in [4.78, 5) is 33.3. The number of carbonyl (C=O) groups is 2. The fraction of sp³-hybridized carbons (Fsp3) is 0.222. The van der Waals surface area contributed by atoms with Crippen molar-refractivity contribution in [3.8, 4) is 0 Å². The third kappa shape index (κ3) is 5.99. The number of halogens is 4. The molecule has 7 nitrogen and oxygen atoms in total. The molecule has 0 unspecified atom stereocenters. The van der Waals surface area contributed by atoms with Crippen LogP contribution in [0, 0.1) is 15.9 Å². The molecule has 2 N–H and O–H groups in total. The van der Waals surface area contributed by atoms with Gasteiger partial charge >= 0.3 is 17.8 Å². The van der Waals surface area contributed by atoms with E-state index in [1.54, 1.807) is 0 Å². The number of benzene rings is 2. The monoisotopic (exact) mass is 414 g/mol. The Morgan fingerprint density at radius 2 is 1.69 bits per heavy atom. The maximum absolute atomic E-state index is 13.4. The van der Waals surface area contributed by atoms with Crippen LogP contribution in [0.1, 0.15) is 16.7 Å². The van der Waals surface area contributed by atoms with Crippen molar-refractivity contribution in [2.24, 2.45) is 0 Å². The highest BCUT2D eigenvalue weighted by atomic mass is 19.4. The summed E-state index contributed by atoms with van der Waals surface area (Å²) in [5, 5.41) is 22.2. The molecule has 1 atom stereocenters. The van der Waals surface area contributed by atoms with E-state index in [2.05, 4.69) is 5.32 Å². The van der Waals surface area contributed by atoms with Gasteiger partial charge < -0.3 is 10.4 Å². The van der Waals surface area contributed by atoms with E-state index >= 15 is 0 Å². The Bertz CT molecular complexity index is 929. The zero-order valence-electron chi connectivity index (χ0n) is 14.6. The SMILES string of the molecule is O=C(Cc1ccc(C(F)(F)F)cc1)N[C@H](Cc1ccc(F)c([N+](=O)[O-])c1)C(=O)O. The van der Waals surface area contributed by atoms with Gasteiger partial charge in [0, 0.05) is 12.5 Å². The molecular formula is C18H14F4N2O5. The highest BCUT2D eigenvalue weighted by Gasteiger charge is 2.30. The van der Waals surface area contributed by atoms with Crippen LogP contribution in [0.2, 0.25) is 0 Å². The molecule has 2 rings (SSSR count). The fourth-order valence-electron chi connectivity index (χ4n) is 2.50. The maximum Gasteiger partial charge on any atom is 0.416 e. The van der Waals surface area contributed by atoms with Crippen molar-refractivity contribution in [2.75, 3.05) is 0 Å². The van der Waals surface area contributed by atoms with Crippen LogP contribution in [0.5, 0.6) is 0 Å². The third-order valence-corrected chi connectivity index (χ3v) is 3.93. The first-order valence-electron chi connectivity index (χ1n) is 8.08.